The van der Waals surface area contributed by atoms with Gasteiger partial charge in [0, 0.05) is 48.3 Å². The summed E-state index contributed by atoms with van der Waals surface area (Å²) in [4.78, 5) is 4.67. The Balaban J connectivity index is 1.44. The number of sulfonamides is 1. The third-order valence-corrected chi connectivity index (χ3v) is 8.58. The molecule has 7 heteroatoms. The molecule has 0 spiro atoms. The number of aromatic nitrogens is 1. The molecular formula is C22H28N2O3S2. The predicted octanol–water partition coefficient (Wildman–Crippen LogP) is 4.83. The highest BCUT2D eigenvalue weighted by Gasteiger charge is 2.29. The highest BCUT2D eigenvalue weighted by atomic mass is 32.2. The van der Waals surface area contributed by atoms with E-state index in [2.05, 4.69) is 46.9 Å². The molecule has 1 aliphatic heterocycles. The smallest absolute Gasteiger partial charge is 0.214 e. The van der Waals surface area contributed by atoms with Crippen molar-refractivity contribution in [1.82, 2.24) is 9.29 Å². The van der Waals surface area contributed by atoms with Gasteiger partial charge in [-0.15, -0.1) is 11.3 Å². The molecular weight excluding hydrogens is 404 g/mol. The van der Waals surface area contributed by atoms with Gasteiger partial charge in [-0.25, -0.2) is 12.7 Å². The maximum absolute atomic E-state index is 12.6. The van der Waals surface area contributed by atoms with Crippen molar-refractivity contribution in [2.24, 2.45) is 0 Å². The molecule has 2 aromatic heterocycles. The summed E-state index contributed by atoms with van der Waals surface area (Å²) in [6.45, 7) is 4.25. The van der Waals surface area contributed by atoms with Crippen molar-refractivity contribution in [3.8, 4) is 10.4 Å². The van der Waals surface area contributed by atoms with Crippen LogP contribution in [0.2, 0.25) is 0 Å². The fraction of sp³-hybridized carbons (Fsp3) is 0.455. The molecule has 1 fully saturated rings. The van der Waals surface area contributed by atoms with Crippen molar-refractivity contribution in [2.75, 3.05) is 32.1 Å². The largest absolute Gasteiger partial charge is 0.382 e. The number of nitrogens with one attached hydrogen (secondary N) is 1. The molecule has 1 saturated heterocycles. The lowest BCUT2D eigenvalue weighted by molar-refractivity contribution is 0.148. The van der Waals surface area contributed by atoms with E-state index < -0.39 is 10.0 Å². The molecule has 0 saturated carbocycles. The van der Waals surface area contributed by atoms with Gasteiger partial charge in [0.1, 0.15) is 0 Å². The van der Waals surface area contributed by atoms with Crippen LogP contribution in [0, 0.1) is 0 Å². The van der Waals surface area contributed by atoms with Gasteiger partial charge >= 0.3 is 0 Å². The number of benzene rings is 1. The molecule has 0 bridgehead atoms. The summed E-state index contributed by atoms with van der Waals surface area (Å²) in [6.07, 6.45) is 4.39. The third-order valence-electron chi connectivity index (χ3n) is 5.70. The minimum Gasteiger partial charge on any atom is -0.382 e. The van der Waals surface area contributed by atoms with Crippen molar-refractivity contribution in [3.05, 3.63) is 47.5 Å². The van der Waals surface area contributed by atoms with E-state index in [-0.39, 0.29) is 5.75 Å². The lowest BCUT2D eigenvalue weighted by Crippen LogP contribution is -2.39. The van der Waals surface area contributed by atoms with Gasteiger partial charge in [-0.1, -0.05) is 12.1 Å². The van der Waals surface area contributed by atoms with Gasteiger partial charge in [-0.05, 0) is 66.8 Å². The second-order valence-electron chi connectivity index (χ2n) is 7.52. The number of aromatic amines is 1. The highest BCUT2D eigenvalue weighted by Crippen LogP contribution is 2.36. The monoisotopic (exact) mass is 432 g/mol. The number of hydrogen-bond donors (Lipinski definition) is 1. The van der Waals surface area contributed by atoms with E-state index in [0.717, 1.165) is 18.4 Å². The number of piperidine rings is 1. The second-order valence-corrected chi connectivity index (χ2v) is 10.6. The topological polar surface area (TPSA) is 62.4 Å². The first-order valence-corrected chi connectivity index (χ1v) is 12.8. The molecule has 156 valence electrons. The van der Waals surface area contributed by atoms with E-state index in [1.165, 1.54) is 21.4 Å². The molecule has 3 aromatic rings. The Morgan fingerprint density at radius 3 is 2.79 bits per heavy atom. The SMILES string of the molecule is CCOCCCS(=O)(=O)N1CCC(c2c[nH]c3ccc(-c4cccs4)cc23)CC1. The summed E-state index contributed by atoms with van der Waals surface area (Å²) in [5.41, 5.74) is 3.70. The Bertz CT molecular complexity index is 1030. The lowest BCUT2D eigenvalue weighted by Gasteiger charge is -2.31. The first-order valence-electron chi connectivity index (χ1n) is 10.3. The van der Waals surface area contributed by atoms with E-state index in [1.807, 2.05) is 6.92 Å². The first kappa shape index (κ1) is 20.6. The van der Waals surface area contributed by atoms with Crippen molar-refractivity contribution in [2.45, 2.75) is 32.1 Å². The van der Waals surface area contributed by atoms with E-state index in [9.17, 15) is 8.42 Å². The average molecular weight is 433 g/mol. The van der Waals surface area contributed by atoms with Crippen LogP contribution in [0.3, 0.4) is 0 Å². The zero-order chi connectivity index (χ0) is 20.3. The molecule has 4 rings (SSSR count). The third kappa shape index (κ3) is 4.58. The maximum atomic E-state index is 12.6. The zero-order valence-electron chi connectivity index (χ0n) is 16.8. The average Bonchev–Trinajstić information content (AvgIpc) is 3.41. The Morgan fingerprint density at radius 2 is 2.07 bits per heavy atom. The second kappa shape index (κ2) is 9.00. The van der Waals surface area contributed by atoms with Gasteiger partial charge in [0.15, 0.2) is 0 Å². The summed E-state index contributed by atoms with van der Waals surface area (Å²) in [5, 5.41) is 3.36. The van der Waals surface area contributed by atoms with Crippen LogP contribution in [-0.2, 0) is 14.8 Å². The quantitative estimate of drug-likeness (QED) is 0.519. The van der Waals surface area contributed by atoms with E-state index in [0.29, 0.717) is 38.6 Å². The molecule has 5 nitrogen and oxygen atoms in total. The van der Waals surface area contributed by atoms with Gasteiger partial charge < -0.3 is 9.72 Å². The Kier molecular flexibility index (Phi) is 6.39. The molecule has 1 N–H and O–H groups in total. The molecule has 0 radical (unpaired) electrons. The Labute approximate surface area is 176 Å². The van der Waals surface area contributed by atoms with Crippen molar-refractivity contribution < 1.29 is 13.2 Å². The van der Waals surface area contributed by atoms with Crippen LogP contribution < -0.4 is 0 Å². The van der Waals surface area contributed by atoms with Crippen LogP contribution in [0.1, 0.15) is 37.7 Å². The summed E-state index contributed by atoms with van der Waals surface area (Å²) < 4.78 is 32.1. The maximum Gasteiger partial charge on any atom is 0.214 e. The molecule has 3 heterocycles. The molecule has 0 atom stereocenters. The minimum atomic E-state index is -3.19. The molecule has 0 unspecified atom stereocenters. The number of rotatable bonds is 8. The standard InChI is InChI=1S/C22H28N2O3S2/c1-2-27-12-4-14-29(25,26)24-10-8-17(9-11-24)20-16-23-21-7-6-18(15-19(20)21)22-5-3-13-28-22/h3,5-7,13,15-17,23H,2,4,8-12,14H2,1H3. The number of fused-ring (bicyclic) bond motifs is 1. The molecule has 29 heavy (non-hydrogen) atoms. The fourth-order valence-electron chi connectivity index (χ4n) is 4.14. The minimum absolute atomic E-state index is 0.176. The summed E-state index contributed by atoms with van der Waals surface area (Å²) in [6, 6.07) is 10.8. The van der Waals surface area contributed by atoms with Gasteiger partial charge in [-0.2, -0.15) is 0 Å². The molecule has 0 amide bonds. The fourth-order valence-corrected chi connectivity index (χ4v) is 6.37. The normalized spacial score (nSPS) is 16.6. The summed E-state index contributed by atoms with van der Waals surface area (Å²) >= 11 is 1.75. The van der Waals surface area contributed by atoms with E-state index in [1.54, 1.807) is 15.6 Å². The number of ether oxygens (including phenoxy) is 1. The Hall–Kier alpha value is -1.67. The Morgan fingerprint density at radius 1 is 1.24 bits per heavy atom. The number of hydrogen-bond acceptors (Lipinski definition) is 4. The van der Waals surface area contributed by atoms with Crippen LogP contribution in [-0.4, -0.2) is 49.8 Å². The van der Waals surface area contributed by atoms with Gasteiger partial charge in [-0.3, -0.25) is 0 Å². The van der Waals surface area contributed by atoms with Crippen LogP contribution in [0.25, 0.3) is 21.3 Å². The van der Waals surface area contributed by atoms with Crippen molar-refractivity contribution >= 4 is 32.3 Å². The van der Waals surface area contributed by atoms with Crippen LogP contribution >= 0.6 is 11.3 Å². The molecule has 0 aliphatic carbocycles. The first-order chi connectivity index (χ1) is 14.1. The van der Waals surface area contributed by atoms with Crippen molar-refractivity contribution in [3.63, 3.8) is 0 Å². The lowest BCUT2D eigenvalue weighted by atomic mass is 9.89. The van der Waals surface area contributed by atoms with Gasteiger partial charge in [0.25, 0.3) is 0 Å². The predicted molar refractivity (Wildman–Crippen MR) is 120 cm³/mol. The zero-order valence-corrected chi connectivity index (χ0v) is 18.4. The van der Waals surface area contributed by atoms with E-state index in [4.69, 9.17) is 4.74 Å². The van der Waals surface area contributed by atoms with Crippen LogP contribution in [0.4, 0.5) is 0 Å². The van der Waals surface area contributed by atoms with Crippen LogP contribution in [0.5, 0.6) is 0 Å². The summed E-state index contributed by atoms with van der Waals surface area (Å²) in [5.74, 6) is 0.562. The highest BCUT2D eigenvalue weighted by molar-refractivity contribution is 7.89. The van der Waals surface area contributed by atoms with Gasteiger partial charge in [0.2, 0.25) is 10.0 Å². The van der Waals surface area contributed by atoms with Gasteiger partial charge in [0.05, 0.1) is 5.75 Å². The number of nitrogens with zero attached hydrogens (tertiary/aromatic N) is 1. The van der Waals surface area contributed by atoms with Crippen molar-refractivity contribution in [1.29, 1.82) is 0 Å². The van der Waals surface area contributed by atoms with Crippen LogP contribution in [0.15, 0.2) is 41.9 Å². The van der Waals surface area contributed by atoms with E-state index >= 15 is 0 Å². The number of H-pyrrole nitrogens is 1. The number of thiophene rings is 1. The summed E-state index contributed by atoms with van der Waals surface area (Å²) in [7, 11) is -3.19. The molecule has 1 aromatic carbocycles. The molecule has 1 aliphatic rings.